The Kier molecular flexibility index (Phi) is 3.10. The van der Waals surface area contributed by atoms with E-state index >= 15 is 0 Å². The highest BCUT2D eigenvalue weighted by molar-refractivity contribution is 6.34. The highest BCUT2D eigenvalue weighted by Crippen LogP contribution is 2.26. The Balaban J connectivity index is 2.24. The minimum atomic E-state index is -0.677. The second-order valence-corrected chi connectivity index (χ2v) is 4.87. The molecule has 0 bridgehead atoms. The third-order valence-electron chi connectivity index (χ3n) is 2.93. The molecule has 5 heteroatoms. The van der Waals surface area contributed by atoms with Gasteiger partial charge in [-0.3, -0.25) is 0 Å². The normalized spacial score (nSPS) is 11.0. The summed E-state index contributed by atoms with van der Waals surface area (Å²) >= 11 is 6.13. The van der Waals surface area contributed by atoms with Gasteiger partial charge < -0.3 is 0 Å². The van der Waals surface area contributed by atoms with E-state index < -0.39 is 11.6 Å². The highest BCUT2D eigenvalue weighted by Gasteiger charge is 2.10. The Morgan fingerprint density at radius 2 is 1.65 bits per heavy atom. The van der Waals surface area contributed by atoms with Gasteiger partial charge in [0.25, 0.3) is 0 Å². The predicted molar refractivity (Wildman–Crippen MR) is 74.6 cm³/mol. The third kappa shape index (κ3) is 2.34. The van der Waals surface area contributed by atoms with Crippen LogP contribution in [0.3, 0.4) is 0 Å². The van der Waals surface area contributed by atoms with Crippen LogP contribution in [0.5, 0.6) is 0 Å². The lowest BCUT2D eigenvalue weighted by Crippen LogP contribution is -1.94. The van der Waals surface area contributed by atoms with Gasteiger partial charge in [-0.2, -0.15) is 0 Å². The molecule has 3 rings (SSSR count). The first-order valence-corrected chi connectivity index (χ1v) is 6.31. The Hall–Kier alpha value is -2.07. The van der Waals surface area contributed by atoms with Crippen LogP contribution >= 0.6 is 11.6 Å². The van der Waals surface area contributed by atoms with Crippen molar-refractivity contribution in [3.63, 3.8) is 0 Å². The summed E-state index contributed by atoms with van der Waals surface area (Å²) in [7, 11) is 0. The maximum atomic E-state index is 13.3. The molecule has 0 aliphatic carbocycles. The van der Waals surface area contributed by atoms with Crippen molar-refractivity contribution in [1.29, 1.82) is 0 Å². The van der Waals surface area contributed by atoms with Crippen LogP contribution in [-0.2, 0) is 0 Å². The molecule has 0 radical (unpaired) electrons. The monoisotopic (exact) mass is 290 g/mol. The molecule has 0 N–H and O–H groups in total. The van der Waals surface area contributed by atoms with E-state index in [9.17, 15) is 8.78 Å². The van der Waals surface area contributed by atoms with Crippen LogP contribution < -0.4 is 0 Å². The second kappa shape index (κ2) is 4.80. The minimum Gasteiger partial charge on any atom is -0.228 e. The van der Waals surface area contributed by atoms with E-state index in [-0.39, 0.29) is 16.5 Å². The van der Waals surface area contributed by atoms with Crippen molar-refractivity contribution in [1.82, 2.24) is 9.97 Å². The number of hydrogen-bond donors (Lipinski definition) is 0. The molecule has 1 heterocycles. The van der Waals surface area contributed by atoms with Gasteiger partial charge in [-0.25, -0.2) is 18.7 Å². The van der Waals surface area contributed by atoms with E-state index in [2.05, 4.69) is 9.97 Å². The molecule has 0 atom stereocenters. The molecule has 0 saturated carbocycles. The fourth-order valence-electron chi connectivity index (χ4n) is 2.02. The first kappa shape index (κ1) is 12.9. The molecule has 0 amide bonds. The molecule has 0 saturated heterocycles. The lowest BCUT2D eigenvalue weighted by atomic mass is 10.1. The van der Waals surface area contributed by atoms with Crippen molar-refractivity contribution < 1.29 is 8.78 Å². The fourth-order valence-corrected chi connectivity index (χ4v) is 2.25. The van der Waals surface area contributed by atoms with Gasteiger partial charge in [-0.1, -0.05) is 23.2 Å². The van der Waals surface area contributed by atoms with Crippen molar-refractivity contribution in [2.75, 3.05) is 0 Å². The van der Waals surface area contributed by atoms with Crippen molar-refractivity contribution in [3.8, 4) is 11.4 Å². The molecule has 1 aromatic heterocycles. The summed E-state index contributed by atoms with van der Waals surface area (Å²) in [5.74, 6) is -1.16. The highest BCUT2D eigenvalue weighted by atomic mass is 35.5. The van der Waals surface area contributed by atoms with Gasteiger partial charge in [0.15, 0.2) is 5.82 Å². The quantitative estimate of drug-likeness (QED) is 0.615. The topological polar surface area (TPSA) is 25.8 Å². The van der Waals surface area contributed by atoms with E-state index in [1.807, 2.05) is 19.1 Å². The Labute approximate surface area is 119 Å². The molecule has 2 nitrogen and oxygen atoms in total. The van der Waals surface area contributed by atoms with Gasteiger partial charge in [-0.05, 0) is 31.2 Å². The van der Waals surface area contributed by atoms with Crippen LogP contribution in [0, 0.1) is 18.6 Å². The van der Waals surface area contributed by atoms with E-state index in [1.165, 1.54) is 12.1 Å². The Bertz CT molecular complexity index is 798. The van der Waals surface area contributed by atoms with Gasteiger partial charge in [0, 0.05) is 17.0 Å². The molecule has 0 aliphatic heterocycles. The standard InChI is InChI=1S/C15H9ClF2N2/c1-8-2-3-13-12(4-8)14(16)20-15(19-13)9-5-10(17)7-11(18)6-9/h2-7H,1H3. The van der Waals surface area contributed by atoms with Crippen molar-refractivity contribution in [2.45, 2.75) is 6.92 Å². The van der Waals surface area contributed by atoms with Crippen LogP contribution in [0.4, 0.5) is 8.78 Å². The van der Waals surface area contributed by atoms with E-state index in [0.29, 0.717) is 10.9 Å². The van der Waals surface area contributed by atoms with Crippen molar-refractivity contribution >= 4 is 22.5 Å². The van der Waals surface area contributed by atoms with Gasteiger partial charge >= 0.3 is 0 Å². The fraction of sp³-hybridized carbons (Fsp3) is 0.0667. The van der Waals surface area contributed by atoms with E-state index in [1.54, 1.807) is 6.07 Å². The summed E-state index contributed by atoms with van der Waals surface area (Å²) in [6.07, 6.45) is 0. The first-order chi connectivity index (χ1) is 9.52. The zero-order chi connectivity index (χ0) is 14.3. The summed E-state index contributed by atoms with van der Waals surface area (Å²) in [4.78, 5) is 8.42. The van der Waals surface area contributed by atoms with Crippen molar-refractivity contribution in [2.24, 2.45) is 0 Å². The van der Waals surface area contributed by atoms with Gasteiger partial charge in [0.05, 0.1) is 5.52 Å². The third-order valence-corrected chi connectivity index (χ3v) is 3.21. The largest absolute Gasteiger partial charge is 0.228 e. The molecule has 0 fully saturated rings. The van der Waals surface area contributed by atoms with E-state index in [4.69, 9.17) is 11.6 Å². The minimum absolute atomic E-state index is 0.199. The van der Waals surface area contributed by atoms with Crippen LogP contribution in [-0.4, -0.2) is 9.97 Å². The summed E-state index contributed by atoms with van der Waals surface area (Å²) in [5, 5.41) is 0.977. The number of halogens is 3. The number of benzene rings is 2. The smallest absolute Gasteiger partial charge is 0.161 e. The number of aryl methyl sites for hydroxylation is 1. The van der Waals surface area contributed by atoms with Crippen LogP contribution in [0.25, 0.3) is 22.3 Å². The average molecular weight is 291 g/mol. The average Bonchev–Trinajstić information content (AvgIpc) is 2.38. The molecule has 3 aromatic rings. The molecule has 2 aromatic carbocycles. The number of hydrogen-bond acceptors (Lipinski definition) is 2. The van der Waals surface area contributed by atoms with Crippen LogP contribution in [0.1, 0.15) is 5.56 Å². The predicted octanol–water partition coefficient (Wildman–Crippen LogP) is 4.54. The van der Waals surface area contributed by atoms with Crippen LogP contribution in [0.15, 0.2) is 36.4 Å². The first-order valence-electron chi connectivity index (χ1n) is 5.93. The Morgan fingerprint density at radius 3 is 2.35 bits per heavy atom. The summed E-state index contributed by atoms with van der Waals surface area (Å²) < 4.78 is 26.5. The molecule has 100 valence electrons. The van der Waals surface area contributed by atoms with Crippen LogP contribution in [0.2, 0.25) is 5.15 Å². The van der Waals surface area contributed by atoms with Gasteiger partial charge in [0.1, 0.15) is 16.8 Å². The number of fused-ring (bicyclic) bond motifs is 1. The maximum Gasteiger partial charge on any atom is 0.161 e. The van der Waals surface area contributed by atoms with Gasteiger partial charge in [-0.15, -0.1) is 0 Å². The lowest BCUT2D eigenvalue weighted by molar-refractivity contribution is 0.584. The summed E-state index contributed by atoms with van der Waals surface area (Å²) in [6.45, 7) is 1.94. The molecule has 20 heavy (non-hydrogen) atoms. The summed E-state index contributed by atoms with van der Waals surface area (Å²) in [6, 6.07) is 8.71. The van der Waals surface area contributed by atoms with E-state index in [0.717, 1.165) is 11.6 Å². The molecule has 0 spiro atoms. The Morgan fingerprint density at radius 1 is 0.950 bits per heavy atom. The number of aromatic nitrogens is 2. The van der Waals surface area contributed by atoms with Gasteiger partial charge in [0.2, 0.25) is 0 Å². The maximum absolute atomic E-state index is 13.3. The number of nitrogens with zero attached hydrogens (tertiary/aromatic N) is 2. The zero-order valence-electron chi connectivity index (χ0n) is 10.5. The number of rotatable bonds is 1. The zero-order valence-corrected chi connectivity index (χ0v) is 11.2. The SMILES string of the molecule is Cc1ccc2nc(-c3cc(F)cc(F)c3)nc(Cl)c2c1. The second-order valence-electron chi connectivity index (χ2n) is 4.52. The molecular formula is C15H9ClF2N2. The molecule has 0 aliphatic rings. The molecule has 0 unspecified atom stereocenters. The summed E-state index contributed by atoms with van der Waals surface area (Å²) in [5.41, 5.74) is 1.93. The lowest BCUT2D eigenvalue weighted by Gasteiger charge is -2.06. The van der Waals surface area contributed by atoms with Crippen molar-refractivity contribution in [3.05, 3.63) is 58.7 Å². The molecular weight excluding hydrogens is 282 g/mol.